The lowest BCUT2D eigenvalue weighted by atomic mass is 10.2. The lowest BCUT2D eigenvalue weighted by molar-refractivity contribution is 0.257. The van der Waals surface area contributed by atoms with Crippen LogP contribution in [0.2, 0.25) is 0 Å². The van der Waals surface area contributed by atoms with Gasteiger partial charge in [0.2, 0.25) is 0 Å². The molecule has 1 N–H and O–H groups in total. The van der Waals surface area contributed by atoms with E-state index >= 15 is 0 Å². The fourth-order valence-corrected chi connectivity index (χ4v) is 2.69. The molecule has 0 unspecified atom stereocenters. The van der Waals surface area contributed by atoms with E-state index in [0.29, 0.717) is 23.7 Å². The first-order valence-corrected chi connectivity index (χ1v) is 7.60. The number of urea groups is 1. The van der Waals surface area contributed by atoms with E-state index in [4.69, 9.17) is 9.47 Å². The molecule has 0 aliphatic carbocycles. The molecule has 0 fully saturated rings. The van der Waals surface area contributed by atoms with Crippen molar-refractivity contribution in [2.45, 2.75) is 0 Å². The van der Waals surface area contributed by atoms with E-state index in [1.165, 1.54) is 0 Å². The maximum Gasteiger partial charge on any atom is 0.326 e. The molecule has 7 nitrogen and oxygen atoms in total. The molecule has 1 aliphatic rings. The van der Waals surface area contributed by atoms with Crippen LogP contribution in [0, 0.1) is 0 Å². The van der Waals surface area contributed by atoms with Crippen LogP contribution in [0.4, 0.5) is 22.0 Å². The van der Waals surface area contributed by atoms with Gasteiger partial charge in [-0.15, -0.1) is 0 Å². The van der Waals surface area contributed by atoms with Crippen LogP contribution in [0.5, 0.6) is 11.5 Å². The molecule has 2 heterocycles. The Morgan fingerprint density at radius 3 is 2.71 bits per heavy atom. The number of fused-ring (bicyclic) bond motifs is 1. The Kier molecular flexibility index (Phi) is 4.41. The molecule has 2 aromatic rings. The van der Waals surface area contributed by atoms with E-state index in [2.05, 4.69) is 10.3 Å². The molecular weight excluding hydrogens is 308 g/mol. The number of methoxy groups -OCH3 is 2. The largest absolute Gasteiger partial charge is 0.493 e. The number of carbonyl (C=O) groups excluding carboxylic acids is 1. The SMILES string of the molecule is COc1ccc(NC(=O)N2CCN(C)c3ncccc32)cc1OC. The van der Waals surface area contributed by atoms with Crippen molar-refractivity contribution in [1.82, 2.24) is 4.98 Å². The Balaban J connectivity index is 1.82. The van der Waals surface area contributed by atoms with Gasteiger partial charge >= 0.3 is 6.03 Å². The van der Waals surface area contributed by atoms with Gasteiger partial charge in [-0.3, -0.25) is 4.90 Å². The number of nitrogens with zero attached hydrogens (tertiary/aromatic N) is 3. The molecule has 1 aromatic carbocycles. The molecule has 0 saturated carbocycles. The fourth-order valence-electron chi connectivity index (χ4n) is 2.69. The first-order valence-electron chi connectivity index (χ1n) is 7.60. The van der Waals surface area contributed by atoms with Crippen molar-refractivity contribution in [3.8, 4) is 11.5 Å². The van der Waals surface area contributed by atoms with Crippen LogP contribution in [0.3, 0.4) is 0 Å². The second-order valence-electron chi connectivity index (χ2n) is 5.42. The zero-order chi connectivity index (χ0) is 17.1. The number of hydrogen-bond acceptors (Lipinski definition) is 5. The number of rotatable bonds is 3. The molecule has 1 aromatic heterocycles. The van der Waals surface area contributed by atoms with Gasteiger partial charge in [0.05, 0.1) is 19.9 Å². The smallest absolute Gasteiger partial charge is 0.326 e. The molecule has 0 bridgehead atoms. The zero-order valence-corrected chi connectivity index (χ0v) is 13.9. The molecule has 7 heteroatoms. The van der Waals surface area contributed by atoms with E-state index in [-0.39, 0.29) is 6.03 Å². The minimum Gasteiger partial charge on any atom is -0.493 e. The minimum atomic E-state index is -0.204. The van der Waals surface area contributed by atoms with Crippen LogP contribution in [0.1, 0.15) is 0 Å². The maximum atomic E-state index is 12.7. The van der Waals surface area contributed by atoms with Gasteiger partial charge in [0.1, 0.15) is 0 Å². The molecular formula is C17H20N4O3. The van der Waals surface area contributed by atoms with E-state index < -0.39 is 0 Å². The Morgan fingerprint density at radius 1 is 1.17 bits per heavy atom. The molecule has 0 radical (unpaired) electrons. The third kappa shape index (κ3) is 2.92. The summed E-state index contributed by atoms with van der Waals surface area (Å²) < 4.78 is 10.5. The van der Waals surface area contributed by atoms with Crippen LogP contribution in [0.25, 0.3) is 0 Å². The van der Waals surface area contributed by atoms with Crippen LogP contribution >= 0.6 is 0 Å². The predicted octanol–water partition coefficient (Wildman–Crippen LogP) is 2.59. The number of hydrogen-bond donors (Lipinski definition) is 1. The first kappa shape index (κ1) is 15.9. The molecule has 3 rings (SSSR count). The monoisotopic (exact) mass is 328 g/mol. The highest BCUT2D eigenvalue weighted by atomic mass is 16.5. The van der Waals surface area contributed by atoms with Gasteiger partial charge in [-0.1, -0.05) is 0 Å². The summed E-state index contributed by atoms with van der Waals surface area (Å²) in [7, 11) is 5.10. The Labute approximate surface area is 140 Å². The average Bonchev–Trinajstić information content (AvgIpc) is 2.62. The quantitative estimate of drug-likeness (QED) is 0.938. The van der Waals surface area contributed by atoms with Crippen molar-refractivity contribution < 1.29 is 14.3 Å². The zero-order valence-electron chi connectivity index (χ0n) is 13.9. The first-order chi connectivity index (χ1) is 11.6. The van der Waals surface area contributed by atoms with E-state index in [1.807, 2.05) is 24.1 Å². The second kappa shape index (κ2) is 6.66. The summed E-state index contributed by atoms with van der Waals surface area (Å²) in [5.74, 6) is 1.98. The Hall–Kier alpha value is -2.96. The summed E-state index contributed by atoms with van der Waals surface area (Å²) in [5, 5.41) is 2.90. The number of amides is 2. The third-order valence-corrected chi connectivity index (χ3v) is 3.96. The molecule has 1 aliphatic heterocycles. The normalized spacial score (nSPS) is 13.3. The number of nitrogens with one attached hydrogen (secondary N) is 1. The molecule has 126 valence electrons. The number of likely N-dealkylation sites (N-methyl/N-ethyl adjacent to an activating group) is 1. The highest BCUT2D eigenvalue weighted by Gasteiger charge is 2.26. The molecule has 0 atom stereocenters. The topological polar surface area (TPSA) is 66.9 Å². The number of carbonyl (C=O) groups is 1. The molecule has 2 amide bonds. The van der Waals surface area contributed by atoms with Gasteiger partial charge < -0.3 is 19.7 Å². The number of benzene rings is 1. The van der Waals surface area contributed by atoms with E-state index in [1.54, 1.807) is 43.5 Å². The lowest BCUT2D eigenvalue weighted by Gasteiger charge is -2.34. The van der Waals surface area contributed by atoms with Crippen LogP contribution in [-0.2, 0) is 0 Å². The highest BCUT2D eigenvalue weighted by molar-refractivity contribution is 6.04. The second-order valence-corrected chi connectivity index (χ2v) is 5.42. The van der Waals surface area contributed by atoms with Crippen LogP contribution in [0.15, 0.2) is 36.5 Å². The number of ether oxygens (including phenoxy) is 2. The van der Waals surface area contributed by atoms with Gasteiger partial charge in [-0.05, 0) is 24.3 Å². The van der Waals surface area contributed by atoms with Crippen molar-refractivity contribution in [3.63, 3.8) is 0 Å². The van der Waals surface area contributed by atoms with Gasteiger partial charge in [0, 0.05) is 38.1 Å². The standard InChI is InChI=1S/C17H20N4O3/c1-20-9-10-21(13-5-4-8-18-16(13)20)17(22)19-12-6-7-14(23-2)15(11-12)24-3/h4-8,11H,9-10H2,1-3H3,(H,19,22). The molecule has 0 saturated heterocycles. The van der Waals surface area contributed by atoms with Crippen molar-refractivity contribution in [2.24, 2.45) is 0 Å². The van der Waals surface area contributed by atoms with E-state index in [9.17, 15) is 4.79 Å². The van der Waals surface area contributed by atoms with Crippen molar-refractivity contribution in [3.05, 3.63) is 36.5 Å². The lowest BCUT2D eigenvalue weighted by Crippen LogP contribution is -2.45. The summed E-state index contributed by atoms with van der Waals surface area (Å²) in [6.07, 6.45) is 1.73. The Bertz CT molecular complexity index is 750. The number of anilines is 3. The van der Waals surface area contributed by atoms with Gasteiger partial charge in [0.15, 0.2) is 17.3 Å². The molecule has 24 heavy (non-hydrogen) atoms. The van der Waals surface area contributed by atoms with Gasteiger partial charge in [-0.25, -0.2) is 9.78 Å². The molecule has 0 spiro atoms. The van der Waals surface area contributed by atoms with Crippen LogP contribution < -0.4 is 24.6 Å². The van der Waals surface area contributed by atoms with E-state index in [0.717, 1.165) is 18.1 Å². The summed E-state index contributed by atoms with van der Waals surface area (Å²) in [4.78, 5) is 20.8. The minimum absolute atomic E-state index is 0.204. The highest BCUT2D eigenvalue weighted by Crippen LogP contribution is 2.32. The number of pyridine rings is 1. The number of aromatic nitrogens is 1. The summed E-state index contributed by atoms with van der Waals surface area (Å²) >= 11 is 0. The fraction of sp³-hybridized carbons (Fsp3) is 0.294. The average molecular weight is 328 g/mol. The third-order valence-electron chi connectivity index (χ3n) is 3.96. The van der Waals surface area contributed by atoms with Gasteiger partial charge in [0.25, 0.3) is 0 Å². The van der Waals surface area contributed by atoms with Crippen LogP contribution in [-0.4, -0.2) is 45.4 Å². The van der Waals surface area contributed by atoms with Crippen molar-refractivity contribution >= 4 is 23.2 Å². The maximum absolute atomic E-state index is 12.7. The summed E-state index contributed by atoms with van der Waals surface area (Å²) in [5.41, 5.74) is 1.44. The van der Waals surface area contributed by atoms with Crippen molar-refractivity contribution in [2.75, 3.05) is 49.5 Å². The predicted molar refractivity (Wildman–Crippen MR) is 93.4 cm³/mol. The Morgan fingerprint density at radius 2 is 1.96 bits per heavy atom. The van der Waals surface area contributed by atoms with Gasteiger partial charge in [-0.2, -0.15) is 0 Å². The van der Waals surface area contributed by atoms with Crippen molar-refractivity contribution in [1.29, 1.82) is 0 Å². The summed E-state index contributed by atoms with van der Waals surface area (Å²) in [6, 6.07) is 8.79. The summed E-state index contributed by atoms with van der Waals surface area (Å²) in [6.45, 7) is 1.32.